The number of hydrogen-bond donors (Lipinski definition) is 2. The SMILES string of the molecule is CC(CCCC(=O)O)NC(=O)c1ccc(Br)c(Cl)c1. The van der Waals surface area contributed by atoms with E-state index in [0.717, 1.165) is 4.47 Å². The van der Waals surface area contributed by atoms with E-state index in [9.17, 15) is 9.59 Å². The molecule has 0 bridgehead atoms. The molecular weight excluding hydrogens is 334 g/mol. The van der Waals surface area contributed by atoms with E-state index in [-0.39, 0.29) is 18.4 Å². The lowest BCUT2D eigenvalue weighted by molar-refractivity contribution is -0.137. The van der Waals surface area contributed by atoms with E-state index in [1.54, 1.807) is 18.2 Å². The van der Waals surface area contributed by atoms with E-state index < -0.39 is 5.97 Å². The van der Waals surface area contributed by atoms with Crippen molar-refractivity contribution in [3.05, 3.63) is 33.3 Å². The molecule has 0 heterocycles. The first-order chi connectivity index (χ1) is 8.90. The molecule has 0 spiro atoms. The van der Waals surface area contributed by atoms with Crippen LogP contribution in [0.2, 0.25) is 5.02 Å². The van der Waals surface area contributed by atoms with Gasteiger partial charge in [0.2, 0.25) is 0 Å². The molecule has 0 saturated heterocycles. The Balaban J connectivity index is 2.49. The number of hydrogen-bond acceptors (Lipinski definition) is 2. The Labute approximate surface area is 125 Å². The Bertz CT molecular complexity index is 479. The van der Waals surface area contributed by atoms with Crippen LogP contribution in [0.15, 0.2) is 22.7 Å². The van der Waals surface area contributed by atoms with E-state index in [0.29, 0.717) is 23.4 Å². The zero-order chi connectivity index (χ0) is 14.4. The summed E-state index contributed by atoms with van der Waals surface area (Å²) in [5.41, 5.74) is 0.485. The van der Waals surface area contributed by atoms with Gasteiger partial charge in [-0.3, -0.25) is 9.59 Å². The fraction of sp³-hybridized carbons (Fsp3) is 0.385. The van der Waals surface area contributed by atoms with Gasteiger partial charge < -0.3 is 10.4 Å². The zero-order valence-electron chi connectivity index (χ0n) is 10.5. The van der Waals surface area contributed by atoms with Gasteiger partial charge in [0, 0.05) is 22.5 Å². The number of rotatable bonds is 6. The Morgan fingerprint density at radius 1 is 1.47 bits per heavy atom. The second-order valence-corrected chi connectivity index (χ2v) is 5.55. The maximum absolute atomic E-state index is 11.9. The molecule has 0 aromatic heterocycles. The molecule has 0 aliphatic heterocycles. The summed E-state index contributed by atoms with van der Waals surface area (Å²) in [6.45, 7) is 1.85. The zero-order valence-corrected chi connectivity index (χ0v) is 12.8. The number of carbonyl (C=O) groups excluding carboxylic acids is 1. The summed E-state index contributed by atoms with van der Waals surface area (Å²) in [4.78, 5) is 22.3. The lowest BCUT2D eigenvalue weighted by Gasteiger charge is -2.13. The predicted molar refractivity (Wildman–Crippen MR) is 77.6 cm³/mol. The number of benzene rings is 1. The summed E-state index contributed by atoms with van der Waals surface area (Å²) < 4.78 is 0.736. The molecule has 1 amide bonds. The van der Waals surface area contributed by atoms with Crippen molar-refractivity contribution in [1.82, 2.24) is 5.32 Å². The number of aliphatic carboxylic acids is 1. The highest BCUT2D eigenvalue weighted by atomic mass is 79.9. The molecule has 0 saturated carbocycles. The first kappa shape index (κ1) is 16.0. The highest BCUT2D eigenvalue weighted by Gasteiger charge is 2.11. The summed E-state index contributed by atoms with van der Waals surface area (Å²) in [6, 6.07) is 4.90. The van der Waals surface area contributed by atoms with Gasteiger partial charge in [0.15, 0.2) is 0 Å². The molecule has 4 nitrogen and oxygen atoms in total. The maximum atomic E-state index is 11.9. The average molecular weight is 349 g/mol. The van der Waals surface area contributed by atoms with Gasteiger partial charge in [-0.1, -0.05) is 11.6 Å². The Morgan fingerprint density at radius 2 is 2.16 bits per heavy atom. The van der Waals surface area contributed by atoms with Crippen molar-refractivity contribution in [2.24, 2.45) is 0 Å². The van der Waals surface area contributed by atoms with Gasteiger partial charge in [0.25, 0.3) is 5.91 Å². The molecule has 1 aromatic rings. The molecule has 0 fully saturated rings. The maximum Gasteiger partial charge on any atom is 0.303 e. The van der Waals surface area contributed by atoms with Crippen LogP contribution in [-0.4, -0.2) is 23.0 Å². The predicted octanol–water partition coefficient (Wildman–Crippen LogP) is 3.48. The van der Waals surface area contributed by atoms with Crippen LogP contribution in [-0.2, 0) is 4.79 Å². The minimum Gasteiger partial charge on any atom is -0.481 e. The second-order valence-electron chi connectivity index (χ2n) is 4.29. The third-order valence-electron chi connectivity index (χ3n) is 2.59. The molecular formula is C13H15BrClNO3. The molecule has 0 aliphatic rings. The summed E-state index contributed by atoms with van der Waals surface area (Å²) in [6.07, 6.45) is 1.28. The average Bonchev–Trinajstić information content (AvgIpc) is 2.32. The van der Waals surface area contributed by atoms with E-state index in [1.807, 2.05) is 6.92 Å². The minimum atomic E-state index is -0.821. The molecule has 0 radical (unpaired) electrons. The van der Waals surface area contributed by atoms with Gasteiger partial charge in [-0.05, 0) is 53.9 Å². The lowest BCUT2D eigenvalue weighted by atomic mass is 10.1. The van der Waals surface area contributed by atoms with Crippen molar-refractivity contribution >= 4 is 39.4 Å². The first-order valence-corrected chi connectivity index (χ1v) is 7.05. The van der Waals surface area contributed by atoms with E-state index in [2.05, 4.69) is 21.2 Å². The smallest absolute Gasteiger partial charge is 0.303 e. The fourth-order valence-electron chi connectivity index (χ4n) is 1.58. The highest BCUT2D eigenvalue weighted by molar-refractivity contribution is 9.10. The fourth-order valence-corrected chi connectivity index (χ4v) is 2.00. The Morgan fingerprint density at radius 3 is 2.74 bits per heavy atom. The van der Waals surface area contributed by atoms with Crippen LogP contribution in [0.3, 0.4) is 0 Å². The van der Waals surface area contributed by atoms with Crippen LogP contribution in [0, 0.1) is 0 Å². The summed E-state index contributed by atoms with van der Waals surface area (Å²) in [5, 5.41) is 11.8. The molecule has 1 aromatic carbocycles. The normalized spacial score (nSPS) is 11.9. The molecule has 0 aliphatic carbocycles. The largest absolute Gasteiger partial charge is 0.481 e. The molecule has 6 heteroatoms. The van der Waals surface area contributed by atoms with Crippen LogP contribution < -0.4 is 5.32 Å². The molecule has 1 rings (SSSR count). The van der Waals surface area contributed by atoms with E-state index >= 15 is 0 Å². The number of carboxylic acids is 1. The third kappa shape index (κ3) is 5.61. The number of amides is 1. The van der Waals surface area contributed by atoms with Gasteiger partial charge in [-0.2, -0.15) is 0 Å². The second kappa shape index (κ2) is 7.50. The summed E-state index contributed by atoms with van der Waals surface area (Å²) in [5.74, 6) is -1.03. The molecule has 104 valence electrons. The van der Waals surface area contributed by atoms with E-state index in [4.69, 9.17) is 16.7 Å². The number of nitrogens with one attached hydrogen (secondary N) is 1. The topological polar surface area (TPSA) is 66.4 Å². The van der Waals surface area contributed by atoms with Crippen LogP contribution in [0.25, 0.3) is 0 Å². The van der Waals surface area contributed by atoms with Crippen LogP contribution >= 0.6 is 27.5 Å². The standard InChI is InChI=1S/C13H15BrClNO3/c1-8(3-2-4-12(17)18)16-13(19)9-5-6-10(14)11(15)7-9/h5-8H,2-4H2,1H3,(H,16,19)(H,17,18). The molecule has 1 atom stereocenters. The summed E-state index contributed by atoms with van der Waals surface area (Å²) >= 11 is 9.18. The number of carbonyl (C=O) groups is 2. The number of halogens is 2. The number of carboxylic acid groups (broad SMARTS) is 1. The van der Waals surface area contributed by atoms with Gasteiger partial charge in [-0.25, -0.2) is 0 Å². The Hall–Kier alpha value is -1.07. The van der Waals surface area contributed by atoms with Crippen molar-refractivity contribution in [2.45, 2.75) is 32.2 Å². The van der Waals surface area contributed by atoms with Gasteiger partial charge in [0.05, 0.1) is 5.02 Å². The van der Waals surface area contributed by atoms with Crippen molar-refractivity contribution in [3.63, 3.8) is 0 Å². The molecule has 1 unspecified atom stereocenters. The highest BCUT2D eigenvalue weighted by Crippen LogP contribution is 2.23. The van der Waals surface area contributed by atoms with Crippen molar-refractivity contribution < 1.29 is 14.7 Å². The van der Waals surface area contributed by atoms with Crippen molar-refractivity contribution in [2.75, 3.05) is 0 Å². The Kier molecular flexibility index (Phi) is 6.31. The van der Waals surface area contributed by atoms with E-state index in [1.165, 1.54) is 0 Å². The quantitative estimate of drug-likeness (QED) is 0.827. The van der Waals surface area contributed by atoms with Crippen LogP contribution in [0.4, 0.5) is 0 Å². The van der Waals surface area contributed by atoms with Crippen molar-refractivity contribution in [3.8, 4) is 0 Å². The summed E-state index contributed by atoms with van der Waals surface area (Å²) in [7, 11) is 0. The van der Waals surface area contributed by atoms with Crippen molar-refractivity contribution in [1.29, 1.82) is 0 Å². The monoisotopic (exact) mass is 347 g/mol. The van der Waals surface area contributed by atoms with Gasteiger partial charge >= 0.3 is 5.97 Å². The minimum absolute atomic E-state index is 0.0747. The first-order valence-electron chi connectivity index (χ1n) is 5.88. The lowest BCUT2D eigenvalue weighted by Crippen LogP contribution is -2.32. The van der Waals surface area contributed by atoms with Crippen LogP contribution in [0.5, 0.6) is 0 Å². The third-order valence-corrected chi connectivity index (χ3v) is 3.82. The molecule has 19 heavy (non-hydrogen) atoms. The van der Waals surface area contributed by atoms with Gasteiger partial charge in [-0.15, -0.1) is 0 Å². The van der Waals surface area contributed by atoms with Crippen LogP contribution in [0.1, 0.15) is 36.5 Å². The van der Waals surface area contributed by atoms with Gasteiger partial charge in [0.1, 0.15) is 0 Å². The molecule has 2 N–H and O–H groups in total.